The van der Waals surface area contributed by atoms with Gasteiger partial charge in [-0.15, -0.1) is 0 Å². The maximum absolute atomic E-state index is 12.3. The molecule has 1 amide bonds. The number of ether oxygens (including phenoxy) is 1. The molecule has 2 rings (SSSR count). The molecular weight excluding hydrogens is 260 g/mol. The molecule has 1 aromatic heterocycles. The second-order valence-corrected chi connectivity index (χ2v) is 5.01. The van der Waals surface area contributed by atoms with Crippen LogP contribution in [0.1, 0.15) is 13.3 Å². The first-order chi connectivity index (χ1) is 9.63. The molecule has 0 bridgehead atoms. The van der Waals surface area contributed by atoms with Gasteiger partial charge in [0.05, 0.1) is 19.3 Å². The number of hydrogen-bond donors (Lipinski definition) is 2. The number of aromatic nitrogens is 1. The number of amides is 1. The lowest BCUT2D eigenvalue weighted by atomic mass is 10.0. The van der Waals surface area contributed by atoms with E-state index < -0.39 is 18.2 Å². The molecule has 1 aromatic rings. The van der Waals surface area contributed by atoms with Crippen molar-refractivity contribution in [3.8, 4) is 0 Å². The van der Waals surface area contributed by atoms with Crippen LogP contribution in [0.5, 0.6) is 0 Å². The largest absolute Gasteiger partial charge is 0.388 e. The second kappa shape index (κ2) is 6.88. The number of aliphatic hydroxyl groups is 2. The zero-order chi connectivity index (χ0) is 14.5. The van der Waals surface area contributed by atoms with Gasteiger partial charge in [0.25, 0.3) is 0 Å². The molecule has 0 saturated carbocycles. The topological polar surface area (TPSA) is 74.9 Å². The predicted molar refractivity (Wildman–Crippen MR) is 73.1 cm³/mol. The average molecular weight is 282 g/mol. The minimum Gasteiger partial charge on any atom is -0.388 e. The first-order valence-electron chi connectivity index (χ1n) is 6.97. The van der Waals surface area contributed by atoms with Crippen LogP contribution < -0.4 is 0 Å². The molecule has 1 aliphatic rings. The monoisotopic (exact) mass is 282 g/mol. The maximum atomic E-state index is 12.3. The van der Waals surface area contributed by atoms with Crippen molar-refractivity contribution in [2.45, 2.75) is 38.1 Å². The molecule has 1 aliphatic heterocycles. The van der Waals surface area contributed by atoms with Crippen molar-refractivity contribution in [1.82, 2.24) is 9.47 Å². The number of carbonyl (C=O) groups excluding carboxylic acids is 1. The van der Waals surface area contributed by atoms with Gasteiger partial charge in [-0.05, 0) is 19.1 Å². The van der Waals surface area contributed by atoms with E-state index in [1.54, 1.807) is 4.90 Å². The van der Waals surface area contributed by atoms with E-state index in [2.05, 4.69) is 0 Å². The van der Waals surface area contributed by atoms with Gasteiger partial charge in [0.15, 0.2) is 0 Å². The Bertz CT molecular complexity index is 421. The third kappa shape index (κ3) is 3.39. The quantitative estimate of drug-likeness (QED) is 0.787. The zero-order valence-electron chi connectivity index (χ0n) is 11.7. The Labute approximate surface area is 118 Å². The predicted octanol–water partition coefficient (Wildman–Crippen LogP) is -0.153. The summed E-state index contributed by atoms with van der Waals surface area (Å²) in [4.78, 5) is 13.9. The van der Waals surface area contributed by atoms with Gasteiger partial charge in [0.1, 0.15) is 12.2 Å². The summed E-state index contributed by atoms with van der Waals surface area (Å²) < 4.78 is 7.18. The lowest BCUT2D eigenvalue weighted by Gasteiger charge is -2.39. The fourth-order valence-corrected chi connectivity index (χ4v) is 2.52. The molecule has 112 valence electrons. The van der Waals surface area contributed by atoms with Crippen molar-refractivity contribution in [2.24, 2.45) is 0 Å². The number of aliphatic hydroxyl groups excluding tert-OH is 2. The van der Waals surface area contributed by atoms with Gasteiger partial charge in [-0.1, -0.05) is 0 Å². The highest BCUT2D eigenvalue weighted by Gasteiger charge is 2.36. The summed E-state index contributed by atoms with van der Waals surface area (Å²) >= 11 is 0. The third-order valence-corrected chi connectivity index (χ3v) is 3.68. The molecule has 2 heterocycles. The van der Waals surface area contributed by atoms with E-state index >= 15 is 0 Å². The summed E-state index contributed by atoms with van der Waals surface area (Å²) in [5, 5.41) is 19.6. The molecule has 1 fully saturated rings. The number of hydrogen-bond acceptors (Lipinski definition) is 4. The van der Waals surface area contributed by atoms with E-state index in [9.17, 15) is 15.0 Å². The molecule has 1 saturated heterocycles. The van der Waals surface area contributed by atoms with E-state index in [1.807, 2.05) is 36.0 Å². The van der Waals surface area contributed by atoms with Gasteiger partial charge < -0.3 is 24.4 Å². The smallest absolute Gasteiger partial charge is 0.224 e. The first-order valence-corrected chi connectivity index (χ1v) is 6.97. The van der Waals surface area contributed by atoms with Crippen molar-refractivity contribution in [3.05, 3.63) is 24.5 Å². The minimum absolute atomic E-state index is 0.0389. The van der Waals surface area contributed by atoms with Gasteiger partial charge >= 0.3 is 0 Å². The summed E-state index contributed by atoms with van der Waals surface area (Å²) in [6, 6.07) is 3.36. The van der Waals surface area contributed by atoms with Crippen LogP contribution in [0.3, 0.4) is 0 Å². The van der Waals surface area contributed by atoms with Gasteiger partial charge in [-0.2, -0.15) is 0 Å². The maximum Gasteiger partial charge on any atom is 0.224 e. The van der Waals surface area contributed by atoms with Crippen molar-refractivity contribution in [2.75, 3.05) is 19.8 Å². The lowest BCUT2D eigenvalue weighted by molar-refractivity contribution is -0.156. The molecule has 0 aromatic carbocycles. The Morgan fingerprint density at radius 1 is 1.35 bits per heavy atom. The number of likely N-dealkylation sites (N-methyl/N-ethyl adjacent to an activating group) is 1. The fraction of sp³-hybridized carbons (Fsp3) is 0.643. The minimum atomic E-state index is -0.945. The van der Waals surface area contributed by atoms with Gasteiger partial charge in [0, 0.05) is 31.9 Å². The van der Waals surface area contributed by atoms with Crippen LogP contribution in [-0.4, -0.2) is 63.6 Å². The Morgan fingerprint density at radius 2 is 2.05 bits per heavy atom. The molecule has 0 radical (unpaired) electrons. The van der Waals surface area contributed by atoms with Crippen LogP contribution in [-0.2, 0) is 16.1 Å². The highest BCUT2D eigenvalue weighted by Crippen LogP contribution is 2.16. The SMILES string of the molecule is CCN(C(=O)CCn1cccc1)[C@@H]1COC[C@@H](O)[C@H]1O. The highest BCUT2D eigenvalue weighted by molar-refractivity contribution is 5.76. The van der Waals surface area contributed by atoms with Crippen molar-refractivity contribution < 1.29 is 19.7 Å². The van der Waals surface area contributed by atoms with Crippen LogP contribution in [0.2, 0.25) is 0 Å². The summed E-state index contributed by atoms with van der Waals surface area (Å²) in [5.41, 5.74) is 0. The van der Waals surface area contributed by atoms with Gasteiger partial charge in [-0.25, -0.2) is 0 Å². The standard InChI is InChI=1S/C14H22N2O4/c1-2-16(11-9-20-10-12(17)14(11)19)13(18)5-8-15-6-3-4-7-15/h3-4,6-7,11-12,14,17,19H,2,5,8-10H2,1H3/t11-,12-,14+/m1/s1. The number of aryl methyl sites for hydroxylation is 1. The molecular formula is C14H22N2O4. The Balaban J connectivity index is 1.94. The molecule has 3 atom stereocenters. The molecule has 6 heteroatoms. The fourth-order valence-electron chi connectivity index (χ4n) is 2.52. The Morgan fingerprint density at radius 3 is 2.70 bits per heavy atom. The van der Waals surface area contributed by atoms with Crippen molar-refractivity contribution in [3.63, 3.8) is 0 Å². The molecule has 2 N–H and O–H groups in total. The van der Waals surface area contributed by atoms with Crippen molar-refractivity contribution in [1.29, 1.82) is 0 Å². The van der Waals surface area contributed by atoms with E-state index in [4.69, 9.17) is 4.74 Å². The summed E-state index contributed by atoms with van der Waals surface area (Å²) in [7, 11) is 0. The summed E-state index contributed by atoms with van der Waals surface area (Å²) in [6.45, 7) is 3.34. The summed E-state index contributed by atoms with van der Waals surface area (Å²) in [6.07, 6.45) is 2.30. The summed E-state index contributed by atoms with van der Waals surface area (Å²) in [5.74, 6) is -0.0389. The van der Waals surface area contributed by atoms with E-state index in [1.165, 1.54) is 0 Å². The normalized spacial score (nSPS) is 26.4. The van der Waals surface area contributed by atoms with Crippen LogP contribution in [0, 0.1) is 0 Å². The van der Waals surface area contributed by atoms with Crippen LogP contribution in [0.4, 0.5) is 0 Å². The molecule has 6 nitrogen and oxygen atoms in total. The van der Waals surface area contributed by atoms with E-state index in [0.29, 0.717) is 19.5 Å². The molecule has 0 aliphatic carbocycles. The van der Waals surface area contributed by atoms with Crippen LogP contribution >= 0.6 is 0 Å². The van der Waals surface area contributed by atoms with Gasteiger partial charge in [-0.3, -0.25) is 4.79 Å². The van der Waals surface area contributed by atoms with E-state index in [-0.39, 0.29) is 19.1 Å². The van der Waals surface area contributed by atoms with Crippen molar-refractivity contribution >= 4 is 5.91 Å². The van der Waals surface area contributed by atoms with Crippen LogP contribution in [0.15, 0.2) is 24.5 Å². The third-order valence-electron chi connectivity index (χ3n) is 3.68. The number of rotatable bonds is 5. The van der Waals surface area contributed by atoms with E-state index in [0.717, 1.165) is 0 Å². The molecule has 0 spiro atoms. The van der Waals surface area contributed by atoms with Gasteiger partial charge in [0.2, 0.25) is 5.91 Å². The Kier molecular flexibility index (Phi) is 5.17. The number of carbonyl (C=O) groups is 1. The average Bonchev–Trinajstić information content (AvgIpc) is 2.95. The lowest BCUT2D eigenvalue weighted by Crippen LogP contribution is -2.57. The second-order valence-electron chi connectivity index (χ2n) is 5.01. The Hall–Kier alpha value is -1.37. The highest BCUT2D eigenvalue weighted by atomic mass is 16.5. The zero-order valence-corrected chi connectivity index (χ0v) is 11.7. The first kappa shape index (κ1) is 15.0. The number of nitrogens with zero attached hydrogens (tertiary/aromatic N) is 2. The molecule has 0 unspecified atom stereocenters. The van der Waals surface area contributed by atoms with Crippen LogP contribution in [0.25, 0.3) is 0 Å². The molecule has 20 heavy (non-hydrogen) atoms.